The van der Waals surface area contributed by atoms with Crippen molar-refractivity contribution in [2.75, 3.05) is 7.05 Å². The van der Waals surface area contributed by atoms with E-state index in [1.807, 2.05) is 6.08 Å². The number of hydrogen-bond donors (Lipinski definition) is 0. The van der Waals surface area contributed by atoms with E-state index < -0.39 is 0 Å². The maximum Gasteiger partial charge on any atom is 0.0213 e. The fraction of sp³-hybridized carbons (Fsp3) is 0.429. The van der Waals surface area contributed by atoms with E-state index in [4.69, 9.17) is 0 Å². The molecule has 0 N–H and O–H groups in total. The molecule has 1 heteroatoms. The van der Waals surface area contributed by atoms with Crippen molar-refractivity contribution in [3.05, 3.63) is 48.6 Å². The molecule has 1 aliphatic rings. The van der Waals surface area contributed by atoms with E-state index in [0.717, 1.165) is 6.42 Å². The summed E-state index contributed by atoms with van der Waals surface area (Å²) >= 11 is 0. The molecule has 0 radical (unpaired) electrons. The van der Waals surface area contributed by atoms with Gasteiger partial charge in [0.05, 0.1) is 0 Å². The van der Waals surface area contributed by atoms with Crippen LogP contribution in [0.2, 0.25) is 0 Å². The predicted octanol–water partition coefficient (Wildman–Crippen LogP) is 3.05. The van der Waals surface area contributed by atoms with Crippen molar-refractivity contribution in [3.8, 4) is 0 Å². The molecule has 3 atom stereocenters. The van der Waals surface area contributed by atoms with Gasteiger partial charge < -0.3 is 0 Å². The molecular weight excluding hydrogens is 182 g/mol. The fourth-order valence-corrected chi connectivity index (χ4v) is 2.69. The lowest BCUT2D eigenvalue weighted by Crippen LogP contribution is -2.58. The summed E-state index contributed by atoms with van der Waals surface area (Å²) in [4.78, 5) is 2.44. The van der Waals surface area contributed by atoms with Gasteiger partial charge in [-0.3, -0.25) is 4.90 Å². The van der Waals surface area contributed by atoms with Crippen molar-refractivity contribution >= 4 is 0 Å². The molecule has 0 unspecified atom stereocenters. The van der Waals surface area contributed by atoms with Crippen molar-refractivity contribution in [1.29, 1.82) is 0 Å². The molecule has 15 heavy (non-hydrogen) atoms. The molecule has 0 amide bonds. The normalized spacial score (nSPS) is 30.9. The number of hydrogen-bond acceptors (Lipinski definition) is 1. The van der Waals surface area contributed by atoms with E-state index in [0.29, 0.717) is 18.0 Å². The SMILES string of the molecule is C=CC[C@H]1[C@@H](c2ccccc2)[C@H](C)N1C. The first-order valence-electron chi connectivity index (χ1n) is 5.63. The van der Waals surface area contributed by atoms with Crippen LogP contribution in [-0.2, 0) is 0 Å². The van der Waals surface area contributed by atoms with Crippen LogP contribution in [-0.4, -0.2) is 24.0 Å². The Kier molecular flexibility index (Phi) is 2.92. The summed E-state index contributed by atoms with van der Waals surface area (Å²) in [6.45, 7) is 6.15. The van der Waals surface area contributed by atoms with Crippen LogP contribution in [0.15, 0.2) is 43.0 Å². The smallest absolute Gasteiger partial charge is 0.0213 e. The van der Waals surface area contributed by atoms with Gasteiger partial charge in [-0.15, -0.1) is 6.58 Å². The molecule has 0 spiro atoms. The zero-order chi connectivity index (χ0) is 10.8. The first-order chi connectivity index (χ1) is 7.25. The lowest BCUT2D eigenvalue weighted by Gasteiger charge is -2.52. The van der Waals surface area contributed by atoms with Gasteiger partial charge in [0.1, 0.15) is 0 Å². The Balaban J connectivity index is 2.18. The van der Waals surface area contributed by atoms with Crippen molar-refractivity contribution < 1.29 is 0 Å². The average Bonchev–Trinajstić information content (AvgIpc) is 2.29. The van der Waals surface area contributed by atoms with Crippen molar-refractivity contribution in [2.45, 2.75) is 31.3 Å². The molecule has 0 aliphatic carbocycles. The molecule has 1 aliphatic heterocycles. The van der Waals surface area contributed by atoms with Crippen LogP contribution < -0.4 is 0 Å². The predicted molar refractivity (Wildman–Crippen MR) is 65.0 cm³/mol. The molecule has 1 saturated heterocycles. The van der Waals surface area contributed by atoms with Gasteiger partial charge in [-0.1, -0.05) is 36.4 Å². The molecule has 0 aromatic heterocycles. The second kappa shape index (κ2) is 4.19. The van der Waals surface area contributed by atoms with Gasteiger partial charge in [0.15, 0.2) is 0 Å². The molecule has 1 aromatic rings. The van der Waals surface area contributed by atoms with Gasteiger partial charge in [0, 0.05) is 18.0 Å². The van der Waals surface area contributed by atoms with Gasteiger partial charge in [-0.2, -0.15) is 0 Å². The Bertz CT molecular complexity index is 330. The first kappa shape index (κ1) is 10.4. The number of likely N-dealkylation sites (N-methyl/N-ethyl adjacent to an activating group) is 1. The minimum Gasteiger partial charge on any atom is -0.299 e. The van der Waals surface area contributed by atoms with Gasteiger partial charge >= 0.3 is 0 Å². The van der Waals surface area contributed by atoms with Crippen LogP contribution in [0.4, 0.5) is 0 Å². The topological polar surface area (TPSA) is 3.24 Å². The molecule has 80 valence electrons. The summed E-state index contributed by atoms with van der Waals surface area (Å²) in [5.41, 5.74) is 1.47. The van der Waals surface area contributed by atoms with Crippen LogP contribution in [0.1, 0.15) is 24.8 Å². The Morgan fingerprint density at radius 1 is 1.33 bits per heavy atom. The van der Waals surface area contributed by atoms with Crippen LogP contribution in [0.3, 0.4) is 0 Å². The second-order valence-corrected chi connectivity index (χ2v) is 4.43. The van der Waals surface area contributed by atoms with E-state index in [1.165, 1.54) is 5.56 Å². The number of likely N-dealkylation sites (tertiary alicyclic amines) is 1. The highest BCUT2D eigenvalue weighted by Crippen LogP contribution is 2.40. The number of nitrogens with zero attached hydrogens (tertiary/aromatic N) is 1. The number of benzene rings is 1. The van der Waals surface area contributed by atoms with Gasteiger partial charge in [-0.05, 0) is 26.0 Å². The highest BCUT2D eigenvalue weighted by atomic mass is 15.2. The molecular formula is C14H19N. The molecule has 1 heterocycles. The van der Waals surface area contributed by atoms with Crippen molar-refractivity contribution in [3.63, 3.8) is 0 Å². The van der Waals surface area contributed by atoms with E-state index >= 15 is 0 Å². The Morgan fingerprint density at radius 3 is 2.60 bits per heavy atom. The minimum atomic E-state index is 0.639. The molecule has 1 fully saturated rings. The molecule has 0 bridgehead atoms. The maximum absolute atomic E-state index is 3.84. The lowest BCUT2D eigenvalue weighted by atomic mass is 9.75. The summed E-state index contributed by atoms with van der Waals surface area (Å²) in [5, 5.41) is 0. The average molecular weight is 201 g/mol. The zero-order valence-electron chi connectivity index (χ0n) is 9.56. The molecule has 1 aromatic carbocycles. The first-order valence-corrected chi connectivity index (χ1v) is 5.63. The molecule has 2 rings (SSSR count). The Labute approximate surface area is 92.4 Å². The summed E-state index contributed by atoms with van der Waals surface area (Å²) in [6.07, 6.45) is 3.11. The third-order valence-corrected chi connectivity index (χ3v) is 3.69. The minimum absolute atomic E-state index is 0.639. The van der Waals surface area contributed by atoms with Crippen LogP contribution in [0, 0.1) is 0 Å². The highest BCUT2D eigenvalue weighted by molar-refractivity contribution is 5.27. The van der Waals surface area contributed by atoms with Gasteiger partial charge in [0.25, 0.3) is 0 Å². The third-order valence-electron chi connectivity index (χ3n) is 3.69. The monoisotopic (exact) mass is 201 g/mol. The fourth-order valence-electron chi connectivity index (χ4n) is 2.69. The van der Waals surface area contributed by atoms with Gasteiger partial charge in [0.2, 0.25) is 0 Å². The number of rotatable bonds is 3. The zero-order valence-corrected chi connectivity index (χ0v) is 9.56. The van der Waals surface area contributed by atoms with Crippen LogP contribution in [0.5, 0.6) is 0 Å². The lowest BCUT2D eigenvalue weighted by molar-refractivity contribution is 0.0248. The summed E-state index contributed by atoms with van der Waals surface area (Å²) in [6, 6.07) is 12.1. The maximum atomic E-state index is 3.84. The van der Waals surface area contributed by atoms with E-state index in [2.05, 4.69) is 55.8 Å². The third kappa shape index (κ3) is 1.72. The summed E-state index contributed by atoms with van der Waals surface area (Å²) in [5.74, 6) is 0.675. The summed E-state index contributed by atoms with van der Waals surface area (Å²) < 4.78 is 0. The standard InChI is InChI=1S/C14H19N/c1-4-8-13-14(11(2)15(13)3)12-9-6-5-7-10-12/h4-7,9-11,13-14H,1,8H2,2-3H3/t11-,13-,14+/m0/s1. The summed E-state index contributed by atoms with van der Waals surface area (Å²) in [7, 11) is 2.21. The quantitative estimate of drug-likeness (QED) is 0.679. The van der Waals surface area contributed by atoms with E-state index in [9.17, 15) is 0 Å². The Morgan fingerprint density at radius 2 is 2.00 bits per heavy atom. The molecule has 0 saturated carbocycles. The second-order valence-electron chi connectivity index (χ2n) is 4.43. The van der Waals surface area contributed by atoms with E-state index in [1.54, 1.807) is 0 Å². The van der Waals surface area contributed by atoms with Crippen molar-refractivity contribution in [1.82, 2.24) is 4.90 Å². The largest absolute Gasteiger partial charge is 0.299 e. The highest BCUT2D eigenvalue weighted by Gasteiger charge is 2.42. The van der Waals surface area contributed by atoms with Gasteiger partial charge in [-0.25, -0.2) is 0 Å². The van der Waals surface area contributed by atoms with Crippen LogP contribution in [0.25, 0.3) is 0 Å². The van der Waals surface area contributed by atoms with Crippen molar-refractivity contribution in [2.24, 2.45) is 0 Å². The molecule has 1 nitrogen and oxygen atoms in total. The van der Waals surface area contributed by atoms with E-state index in [-0.39, 0.29) is 0 Å². The van der Waals surface area contributed by atoms with Crippen LogP contribution >= 0.6 is 0 Å². The Hall–Kier alpha value is -1.08.